The summed E-state index contributed by atoms with van der Waals surface area (Å²) < 4.78 is 10.8. The van der Waals surface area contributed by atoms with E-state index in [9.17, 15) is 0 Å². The summed E-state index contributed by atoms with van der Waals surface area (Å²) in [5.74, 6) is 2.66. The number of nitrogens with zero attached hydrogens (tertiary/aromatic N) is 2. The molecular formula is C59H70IrN2OSi-2. The van der Waals surface area contributed by atoms with E-state index in [2.05, 4.69) is 177 Å². The van der Waals surface area contributed by atoms with Crippen molar-refractivity contribution in [2.24, 2.45) is 11.8 Å². The summed E-state index contributed by atoms with van der Waals surface area (Å²) in [4.78, 5) is 0. The van der Waals surface area contributed by atoms with Gasteiger partial charge in [-0.25, -0.2) is 0 Å². The summed E-state index contributed by atoms with van der Waals surface area (Å²) >= 11 is 0. The van der Waals surface area contributed by atoms with Gasteiger partial charge < -0.3 is 13.6 Å². The van der Waals surface area contributed by atoms with Gasteiger partial charge in [0.05, 0.1) is 37.4 Å². The molecule has 2 aliphatic rings. The Balaban J connectivity index is 0.000000194. The van der Waals surface area contributed by atoms with Gasteiger partial charge in [0.2, 0.25) is 0 Å². The van der Waals surface area contributed by atoms with Crippen LogP contribution in [0.4, 0.5) is 0 Å². The molecule has 3 aromatic heterocycles. The fourth-order valence-electron chi connectivity index (χ4n) is 10.6. The summed E-state index contributed by atoms with van der Waals surface area (Å²) in [6, 6.07) is 33.0. The molecule has 7 aromatic rings. The van der Waals surface area contributed by atoms with Gasteiger partial charge in [-0.1, -0.05) is 187 Å². The third-order valence-electron chi connectivity index (χ3n) is 14.5. The van der Waals surface area contributed by atoms with E-state index in [0.717, 1.165) is 67.8 Å². The predicted octanol–water partition coefficient (Wildman–Crippen LogP) is 14.9. The van der Waals surface area contributed by atoms with Crippen LogP contribution in [0.5, 0.6) is 0 Å². The summed E-state index contributed by atoms with van der Waals surface area (Å²) in [6.07, 6.45) is 17.7. The molecule has 0 amide bonds. The maximum atomic E-state index is 6.75. The van der Waals surface area contributed by atoms with Gasteiger partial charge in [-0.05, 0) is 53.7 Å². The minimum Gasteiger partial charge on any atom is -0.469 e. The zero-order chi connectivity index (χ0) is 44.6. The number of hydrogen-bond acceptors (Lipinski definition) is 1. The van der Waals surface area contributed by atoms with Gasteiger partial charge in [0.25, 0.3) is 0 Å². The van der Waals surface area contributed by atoms with Gasteiger partial charge in [0.1, 0.15) is 5.58 Å². The van der Waals surface area contributed by atoms with Crippen LogP contribution in [-0.2, 0) is 26.5 Å². The first-order valence-electron chi connectivity index (χ1n) is 23.8. The van der Waals surface area contributed by atoms with E-state index >= 15 is 0 Å². The Hall–Kier alpha value is -4.67. The minimum atomic E-state index is -1.46. The van der Waals surface area contributed by atoms with Crippen molar-refractivity contribution >= 4 is 35.2 Å². The second-order valence-corrected chi connectivity index (χ2v) is 25.4. The van der Waals surface area contributed by atoms with Crippen LogP contribution < -0.4 is 14.3 Å². The van der Waals surface area contributed by atoms with Crippen LogP contribution in [0.2, 0.25) is 19.6 Å². The van der Waals surface area contributed by atoms with Crippen LogP contribution in [0.3, 0.4) is 0 Å². The number of aryl methyl sites for hydroxylation is 1. The average Bonchev–Trinajstić information content (AvgIpc) is 3.95. The largest absolute Gasteiger partial charge is 0.469 e. The van der Waals surface area contributed by atoms with Crippen LogP contribution in [0.25, 0.3) is 55.6 Å². The quantitative estimate of drug-likeness (QED) is 0.0802. The molecule has 3 nitrogen and oxygen atoms in total. The third-order valence-corrected chi connectivity index (χ3v) is 16.5. The standard InChI is InChI=1S/C33H32NO.C26H38NSi.Ir/c1-22-19-23(2)31(29-21-25(17-18-34(29)3)20-24-11-6-4-7-12-24)33-30(22)28-16-10-15-27(32(28)35-33)26-13-8-5-9-14-26;1-18(2)20(4)24-16-25(27(5)17-26(24)28(6,7)8)23-15-22(14-13-19(23)3)21-11-9-10-12-21;/h5,8-10,13-19,21,24H,2-4,6-7,11-12,20H2,1H3;13-18,20-21H,3,5,9-12H2,1-2,4,6-8H3;/q2*-1;. The molecule has 1 atom stereocenters. The average molecular weight is 1040 g/mol. The summed E-state index contributed by atoms with van der Waals surface area (Å²) in [6.45, 7) is 25.3. The van der Waals surface area contributed by atoms with Gasteiger partial charge >= 0.3 is 0 Å². The van der Waals surface area contributed by atoms with Crippen LogP contribution in [0.1, 0.15) is 124 Å². The van der Waals surface area contributed by atoms with E-state index in [1.54, 1.807) is 0 Å². The van der Waals surface area contributed by atoms with Gasteiger partial charge in [-0.3, -0.25) is 0 Å². The van der Waals surface area contributed by atoms with Crippen molar-refractivity contribution in [2.75, 3.05) is 0 Å². The molecule has 5 heteroatoms. The molecule has 0 spiro atoms. The molecule has 64 heavy (non-hydrogen) atoms. The van der Waals surface area contributed by atoms with Crippen molar-refractivity contribution in [3.8, 4) is 33.6 Å². The molecule has 2 fully saturated rings. The van der Waals surface area contributed by atoms with Gasteiger partial charge in [0.15, 0.2) is 0 Å². The number of furan rings is 1. The molecule has 9 rings (SSSR count). The Morgan fingerprint density at radius 1 is 0.703 bits per heavy atom. The fourth-order valence-corrected chi connectivity index (χ4v) is 12.3. The first-order valence-corrected chi connectivity index (χ1v) is 27.3. The number of benzene rings is 4. The van der Waals surface area contributed by atoms with E-state index in [-0.39, 0.29) is 20.1 Å². The van der Waals surface area contributed by atoms with Crippen molar-refractivity contribution in [2.45, 2.75) is 123 Å². The van der Waals surface area contributed by atoms with Crippen molar-refractivity contribution in [1.82, 2.24) is 0 Å². The molecule has 0 aliphatic heterocycles. The molecule has 1 radical (unpaired) electrons. The number of fused-ring (bicyclic) bond motifs is 3. The van der Waals surface area contributed by atoms with Crippen molar-refractivity contribution in [1.29, 1.82) is 0 Å². The fraction of sp³-hybridized carbons (Fsp3) is 0.356. The topological polar surface area (TPSA) is 20.9 Å². The Labute approximate surface area is 400 Å². The Morgan fingerprint density at radius 3 is 2.09 bits per heavy atom. The summed E-state index contributed by atoms with van der Waals surface area (Å²) in [7, 11) is 7.25. The molecule has 1 unspecified atom stereocenters. The van der Waals surface area contributed by atoms with Gasteiger partial charge in [-0.2, -0.15) is 37.1 Å². The number of aromatic nitrogens is 2. The second kappa shape index (κ2) is 19.8. The summed E-state index contributed by atoms with van der Waals surface area (Å²) in [5, 5.41) is 3.84. The van der Waals surface area contributed by atoms with E-state index < -0.39 is 8.07 Å². The predicted molar refractivity (Wildman–Crippen MR) is 270 cm³/mol. The van der Waals surface area contributed by atoms with E-state index in [4.69, 9.17) is 4.42 Å². The van der Waals surface area contributed by atoms with Crippen molar-refractivity contribution in [3.05, 3.63) is 165 Å². The maximum Gasteiger partial charge on any atom is 0.141 e. The molecule has 2 aliphatic carbocycles. The van der Waals surface area contributed by atoms with Gasteiger partial charge in [-0.15, -0.1) is 17.7 Å². The zero-order valence-electron chi connectivity index (χ0n) is 39.7. The molecule has 2 saturated carbocycles. The van der Waals surface area contributed by atoms with Gasteiger partial charge in [0, 0.05) is 50.5 Å². The smallest absolute Gasteiger partial charge is 0.141 e. The Morgan fingerprint density at radius 2 is 1.41 bits per heavy atom. The second-order valence-electron chi connectivity index (χ2n) is 20.4. The van der Waals surface area contributed by atoms with E-state index in [1.807, 2.05) is 10.6 Å². The van der Waals surface area contributed by atoms with E-state index in [0.29, 0.717) is 17.8 Å². The molecule has 337 valence electrons. The first kappa shape index (κ1) is 47.3. The Bertz CT molecular complexity index is 2730. The minimum absolute atomic E-state index is 0. The molecule has 4 aromatic carbocycles. The van der Waals surface area contributed by atoms with E-state index in [1.165, 1.54) is 96.5 Å². The monoisotopic (exact) mass is 1040 g/mol. The van der Waals surface area contributed by atoms with Crippen LogP contribution in [0.15, 0.2) is 108 Å². The summed E-state index contributed by atoms with van der Waals surface area (Å²) in [5.41, 5.74) is 16.3. The number of rotatable bonds is 9. The number of pyridine rings is 2. The van der Waals surface area contributed by atoms with Crippen molar-refractivity contribution < 1.29 is 33.7 Å². The van der Waals surface area contributed by atoms with Crippen LogP contribution >= 0.6 is 0 Å². The molecule has 3 heterocycles. The zero-order valence-corrected chi connectivity index (χ0v) is 43.1. The number of para-hydroxylation sites is 1. The molecular weight excluding hydrogens is 973 g/mol. The Kier molecular flexibility index (Phi) is 14.7. The molecule has 0 bridgehead atoms. The van der Waals surface area contributed by atoms with Crippen LogP contribution in [0, 0.1) is 46.7 Å². The first-order chi connectivity index (χ1) is 30.2. The number of hydrogen-bond donors (Lipinski definition) is 0. The molecule has 0 N–H and O–H groups in total. The third kappa shape index (κ3) is 9.79. The maximum absolute atomic E-state index is 6.75. The normalized spacial score (nSPS) is 15.3. The van der Waals surface area contributed by atoms with Crippen LogP contribution in [-0.4, -0.2) is 8.07 Å². The SMILES string of the molecule is [CH2-]c1cc(C)c2c(oc3c(-c4ccccc4)cccc32)c1-c1cc(CC2CCCCC2)cc[n+]1[CH2-].[CH2-]c1ccc(C2CCCC2)cc1-c1cc(C(C)C(C)C)c([Si](C)(C)C)c[n+]1[CH2-].[Ir]. The molecule has 0 saturated heterocycles. The van der Waals surface area contributed by atoms with Crippen molar-refractivity contribution in [3.63, 3.8) is 0 Å².